The second-order valence-electron chi connectivity index (χ2n) is 7.44. The van der Waals surface area contributed by atoms with E-state index in [0.717, 1.165) is 24.0 Å². The molecule has 6 nitrogen and oxygen atoms in total. The van der Waals surface area contributed by atoms with Crippen molar-refractivity contribution >= 4 is 18.0 Å². The summed E-state index contributed by atoms with van der Waals surface area (Å²) in [5.41, 5.74) is 2.95. The summed E-state index contributed by atoms with van der Waals surface area (Å²) in [7, 11) is 0. The Balaban J connectivity index is 1.73. The Morgan fingerprint density at radius 1 is 1.10 bits per heavy atom. The number of hydrogen-bond acceptors (Lipinski definition) is 5. The van der Waals surface area contributed by atoms with Crippen molar-refractivity contribution < 1.29 is 18.8 Å². The lowest BCUT2D eigenvalue weighted by Gasteiger charge is -2.22. The van der Waals surface area contributed by atoms with Crippen molar-refractivity contribution in [3.05, 3.63) is 83.1 Å². The molecule has 0 saturated heterocycles. The van der Waals surface area contributed by atoms with Gasteiger partial charge in [-0.2, -0.15) is 0 Å². The molecule has 0 N–H and O–H groups in total. The lowest BCUT2D eigenvalue weighted by molar-refractivity contribution is -0.139. The molecule has 1 aromatic heterocycles. The highest BCUT2D eigenvalue weighted by atomic mass is 16.5. The fourth-order valence-corrected chi connectivity index (χ4v) is 3.50. The molecule has 2 aromatic carbocycles. The van der Waals surface area contributed by atoms with Crippen LogP contribution in [0.2, 0.25) is 0 Å². The average molecular weight is 416 g/mol. The van der Waals surface area contributed by atoms with E-state index in [9.17, 15) is 9.59 Å². The fraction of sp³-hybridized carbons (Fsp3) is 0.240. The van der Waals surface area contributed by atoms with Crippen LogP contribution in [-0.2, 0) is 16.1 Å². The third kappa shape index (κ3) is 4.58. The summed E-state index contributed by atoms with van der Waals surface area (Å²) in [5.74, 6) is -0.391. The van der Waals surface area contributed by atoms with Crippen LogP contribution < -0.4 is 0 Å². The van der Waals surface area contributed by atoms with Gasteiger partial charge < -0.3 is 14.2 Å². The third-order valence-corrected chi connectivity index (χ3v) is 5.14. The van der Waals surface area contributed by atoms with Crippen LogP contribution >= 0.6 is 0 Å². The number of hydrogen-bond donors (Lipinski definition) is 0. The van der Waals surface area contributed by atoms with Crippen molar-refractivity contribution in [2.45, 2.75) is 26.3 Å². The number of esters is 1. The summed E-state index contributed by atoms with van der Waals surface area (Å²) in [6, 6.07) is 19.1. The predicted molar refractivity (Wildman–Crippen MR) is 117 cm³/mol. The molecule has 4 rings (SSSR count). The van der Waals surface area contributed by atoms with E-state index in [1.165, 1.54) is 0 Å². The zero-order valence-corrected chi connectivity index (χ0v) is 17.4. The van der Waals surface area contributed by atoms with E-state index in [-0.39, 0.29) is 18.2 Å². The number of aromatic nitrogens is 1. The van der Waals surface area contributed by atoms with Gasteiger partial charge in [-0.3, -0.25) is 4.79 Å². The number of ether oxygens (including phenoxy) is 1. The third-order valence-electron chi connectivity index (χ3n) is 5.14. The quantitative estimate of drug-likeness (QED) is 0.411. The first-order valence-electron chi connectivity index (χ1n) is 10.4. The Morgan fingerprint density at radius 3 is 2.52 bits per heavy atom. The van der Waals surface area contributed by atoms with E-state index < -0.39 is 5.97 Å². The maximum absolute atomic E-state index is 13.6. The Hall–Kier alpha value is -3.67. The molecule has 0 aliphatic carbocycles. The van der Waals surface area contributed by atoms with Crippen LogP contribution in [0.4, 0.5) is 0 Å². The maximum atomic E-state index is 13.6. The Kier molecular flexibility index (Phi) is 6.26. The minimum Gasteiger partial charge on any atom is -0.462 e. The summed E-state index contributed by atoms with van der Waals surface area (Å²) in [4.78, 5) is 27.9. The molecule has 1 aliphatic heterocycles. The van der Waals surface area contributed by atoms with Crippen molar-refractivity contribution in [3.63, 3.8) is 0 Å². The van der Waals surface area contributed by atoms with Gasteiger partial charge in [-0.1, -0.05) is 79.2 Å². The largest absolute Gasteiger partial charge is 0.462 e. The molecule has 0 fully saturated rings. The van der Waals surface area contributed by atoms with Gasteiger partial charge in [0.1, 0.15) is 11.3 Å². The molecular formula is C25H24N2O4. The van der Waals surface area contributed by atoms with E-state index in [1.807, 2.05) is 67.6 Å². The van der Waals surface area contributed by atoms with Crippen LogP contribution in [-0.4, -0.2) is 35.1 Å². The minimum absolute atomic E-state index is 0.136. The molecule has 31 heavy (non-hydrogen) atoms. The molecule has 2 heterocycles. The molecular weight excluding hydrogens is 392 g/mol. The average Bonchev–Trinajstić information content (AvgIpc) is 3.17. The predicted octanol–water partition coefficient (Wildman–Crippen LogP) is 4.72. The van der Waals surface area contributed by atoms with Crippen LogP contribution in [0, 0.1) is 0 Å². The number of unbranched alkanes of at least 4 members (excludes halogenated alkanes) is 1. The maximum Gasteiger partial charge on any atom is 0.335 e. The zero-order valence-electron chi connectivity index (χ0n) is 17.4. The summed E-state index contributed by atoms with van der Waals surface area (Å²) >= 11 is 0. The number of carbonyl (C=O) groups excluding carboxylic acids is 2. The van der Waals surface area contributed by atoms with Crippen LogP contribution in [0.1, 0.15) is 41.4 Å². The van der Waals surface area contributed by atoms with Gasteiger partial charge in [0.25, 0.3) is 5.91 Å². The zero-order chi connectivity index (χ0) is 21.6. The SMILES string of the molecule is CCCCOC(=O)C1=Cc2onc(-c3ccccc3)c2C(=O)N(Cc2ccccc2)C1. The molecule has 0 saturated carbocycles. The van der Waals surface area contributed by atoms with Gasteiger partial charge in [0.2, 0.25) is 0 Å². The van der Waals surface area contributed by atoms with E-state index >= 15 is 0 Å². The molecule has 158 valence electrons. The molecule has 1 aliphatic rings. The fourth-order valence-electron chi connectivity index (χ4n) is 3.50. The van der Waals surface area contributed by atoms with Crippen molar-refractivity contribution in [1.82, 2.24) is 10.1 Å². The number of carbonyl (C=O) groups is 2. The first-order valence-corrected chi connectivity index (χ1v) is 10.4. The molecule has 6 heteroatoms. The highest BCUT2D eigenvalue weighted by Gasteiger charge is 2.32. The number of fused-ring (bicyclic) bond motifs is 1. The minimum atomic E-state index is -0.440. The van der Waals surface area contributed by atoms with Gasteiger partial charge in [-0.05, 0) is 18.1 Å². The van der Waals surface area contributed by atoms with Gasteiger partial charge in [0.05, 0.1) is 18.7 Å². The smallest absolute Gasteiger partial charge is 0.335 e. The monoisotopic (exact) mass is 416 g/mol. The first kappa shape index (κ1) is 20.6. The first-order chi connectivity index (χ1) is 15.2. The van der Waals surface area contributed by atoms with Gasteiger partial charge in [0, 0.05) is 12.1 Å². The van der Waals surface area contributed by atoms with E-state index in [0.29, 0.717) is 30.0 Å². The van der Waals surface area contributed by atoms with Gasteiger partial charge >= 0.3 is 5.97 Å². The highest BCUT2D eigenvalue weighted by Crippen LogP contribution is 2.31. The van der Waals surface area contributed by atoms with Gasteiger partial charge in [-0.25, -0.2) is 4.79 Å². The molecule has 0 unspecified atom stereocenters. The highest BCUT2D eigenvalue weighted by molar-refractivity contribution is 6.06. The number of rotatable bonds is 7. The second-order valence-corrected chi connectivity index (χ2v) is 7.44. The topological polar surface area (TPSA) is 72.6 Å². The number of benzene rings is 2. The molecule has 0 bridgehead atoms. The molecule has 3 aromatic rings. The molecule has 0 spiro atoms. The Morgan fingerprint density at radius 2 is 1.81 bits per heavy atom. The van der Waals surface area contributed by atoms with Crippen molar-refractivity contribution in [1.29, 1.82) is 0 Å². The second kappa shape index (κ2) is 9.43. The standard InChI is InChI=1S/C25H24N2O4/c1-2-3-14-30-25(29)20-15-21-22(23(26-31-21)19-12-8-5-9-13-19)24(28)27(17-20)16-18-10-6-4-7-11-18/h4-13,15H,2-3,14,16-17H2,1H3. The number of nitrogens with zero attached hydrogens (tertiary/aromatic N) is 2. The van der Waals surface area contributed by atoms with E-state index in [2.05, 4.69) is 5.16 Å². The number of amides is 1. The normalized spacial score (nSPS) is 13.4. The summed E-state index contributed by atoms with van der Waals surface area (Å²) < 4.78 is 10.9. The molecule has 0 atom stereocenters. The van der Waals surface area contributed by atoms with Crippen LogP contribution in [0.3, 0.4) is 0 Å². The van der Waals surface area contributed by atoms with Crippen molar-refractivity contribution in [2.75, 3.05) is 13.2 Å². The molecule has 0 radical (unpaired) electrons. The van der Waals surface area contributed by atoms with Crippen molar-refractivity contribution in [2.24, 2.45) is 0 Å². The Bertz CT molecular complexity index is 1090. The summed E-state index contributed by atoms with van der Waals surface area (Å²) in [5, 5.41) is 4.15. The lowest BCUT2D eigenvalue weighted by Crippen LogP contribution is -2.33. The summed E-state index contributed by atoms with van der Waals surface area (Å²) in [6.45, 7) is 2.87. The lowest BCUT2D eigenvalue weighted by atomic mass is 10.0. The van der Waals surface area contributed by atoms with Crippen molar-refractivity contribution in [3.8, 4) is 11.3 Å². The van der Waals surface area contributed by atoms with Crippen LogP contribution in [0.25, 0.3) is 17.3 Å². The Labute approximate surface area is 181 Å². The molecule has 1 amide bonds. The summed E-state index contributed by atoms with van der Waals surface area (Å²) in [6.07, 6.45) is 3.31. The van der Waals surface area contributed by atoms with E-state index in [1.54, 1.807) is 11.0 Å². The van der Waals surface area contributed by atoms with E-state index in [4.69, 9.17) is 9.26 Å². The van der Waals surface area contributed by atoms with Crippen LogP contribution in [0.15, 0.2) is 70.8 Å². The van der Waals surface area contributed by atoms with Gasteiger partial charge in [0.15, 0.2) is 5.76 Å². The van der Waals surface area contributed by atoms with Gasteiger partial charge in [-0.15, -0.1) is 0 Å². The van der Waals surface area contributed by atoms with Crippen LogP contribution in [0.5, 0.6) is 0 Å².